The zero-order valence-corrected chi connectivity index (χ0v) is 11.2. The van der Waals surface area contributed by atoms with Crippen molar-refractivity contribution in [3.8, 4) is 0 Å². The minimum absolute atomic E-state index is 0.194. The Morgan fingerprint density at radius 1 is 1.25 bits per heavy atom. The van der Waals surface area contributed by atoms with Gasteiger partial charge in [-0.15, -0.1) is 0 Å². The summed E-state index contributed by atoms with van der Waals surface area (Å²) in [5.74, 6) is 1.10. The molecule has 1 fully saturated rings. The molecule has 0 amide bonds. The van der Waals surface area contributed by atoms with Gasteiger partial charge < -0.3 is 5.11 Å². The zero-order chi connectivity index (χ0) is 12.2. The van der Waals surface area contributed by atoms with E-state index in [2.05, 4.69) is 6.92 Å². The van der Waals surface area contributed by atoms with Crippen LogP contribution in [0.15, 0.2) is 0 Å². The molecule has 16 heavy (non-hydrogen) atoms. The second-order valence-corrected chi connectivity index (χ2v) is 7.47. The fraction of sp³-hybridized carbons (Fsp3) is 1.00. The number of aliphatic hydroxyl groups is 1. The van der Waals surface area contributed by atoms with E-state index in [9.17, 15) is 13.5 Å². The first-order valence-electron chi connectivity index (χ1n) is 6.28. The molecule has 0 radical (unpaired) electrons. The Balaban J connectivity index is 2.43. The topological polar surface area (TPSA) is 54.4 Å². The lowest BCUT2D eigenvalue weighted by molar-refractivity contribution is 0.0447. The van der Waals surface area contributed by atoms with Gasteiger partial charge in [-0.2, -0.15) is 0 Å². The van der Waals surface area contributed by atoms with E-state index in [1.165, 1.54) is 19.1 Å². The maximum Gasteiger partial charge on any atom is 0.147 e. The third-order valence-electron chi connectivity index (χ3n) is 3.61. The highest BCUT2D eigenvalue weighted by Gasteiger charge is 2.29. The molecule has 3 atom stereocenters. The van der Waals surface area contributed by atoms with Crippen molar-refractivity contribution in [3.05, 3.63) is 0 Å². The highest BCUT2D eigenvalue weighted by molar-refractivity contribution is 7.90. The number of hydrogen-bond acceptors (Lipinski definition) is 3. The predicted molar refractivity (Wildman–Crippen MR) is 66.1 cm³/mol. The van der Waals surface area contributed by atoms with E-state index in [4.69, 9.17) is 0 Å². The number of sulfone groups is 1. The Morgan fingerprint density at radius 3 is 2.50 bits per heavy atom. The molecule has 0 bridgehead atoms. The Labute approximate surface area is 99.2 Å². The van der Waals surface area contributed by atoms with Crippen molar-refractivity contribution < 1.29 is 13.5 Å². The lowest BCUT2D eigenvalue weighted by atomic mass is 9.76. The first kappa shape index (κ1) is 14.0. The fourth-order valence-electron chi connectivity index (χ4n) is 2.69. The minimum atomic E-state index is -2.89. The molecule has 1 aliphatic carbocycles. The Kier molecular flexibility index (Phi) is 5.25. The average molecular weight is 248 g/mol. The normalized spacial score (nSPS) is 31.6. The van der Waals surface area contributed by atoms with Gasteiger partial charge >= 0.3 is 0 Å². The van der Waals surface area contributed by atoms with E-state index in [0.29, 0.717) is 12.3 Å². The van der Waals surface area contributed by atoms with Crippen LogP contribution in [0.1, 0.15) is 45.4 Å². The van der Waals surface area contributed by atoms with Crippen LogP contribution in [0.4, 0.5) is 0 Å². The smallest absolute Gasteiger partial charge is 0.147 e. The van der Waals surface area contributed by atoms with Crippen LogP contribution in [0.25, 0.3) is 0 Å². The van der Waals surface area contributed by atoms with Crippen LogP contribution in [0.2, 0.25) is 0 Å². The van der Waals surface area contributed by atoms with Crippen molar-refractivity contribution in [2.24, 2.45) is 11.8 Å². The molecule has 1 N–H and O–H groups in total. The first-order valence-corrected chi connectivity index (χ1v) is 8.34. The zero-order valence-electron chi connectivity index (χ0n) is 10.4. The van der Waals surface area contributed by atoms with Crippen LogP contribution in [-0.4, -0.2) is 31.6 Å². The molecule has 0 aliphatic heterocycles. The van der Waals surface area contributed by atoms with E-state index in [1.807, 2.05) is 0 Å². The fourth-order valence-corrected chi connectivity index (χ4v) is 3.42. The lowest BCUT2D eigenvalue weighted by Gasteiger charge is -2.33. The molecule has 0 spiro atoms. The number of rotatable bonds is 5. The maximum absolute atomic E-state index is 11.1. The van der Waals surface area contributed by atoms with Crippen LogP contribution >= 0.6 is 0 Å². The van der Waals surface area contributed by atoms with E-state index >= 15 is 0 Å². The van der Waals surface area contributed by atoms with E-state index in [1.54, 1.807) is 0 Å². The summed E-state index contributed by atoms with van der Waals surface area (Å²) in [6.45, 7) is 2.18. The standard InChI is InChI=1S/C12H24O3S/c1-3-4-10-5-6-12(13)11(9-10)7-8-16(2,14)15/h10-13H,3-9H2,1-2H3. The van der Waals surface area contributed by atoms with Gasteiger partial charge in [-0.3, -0.25) is 0 Å². The average Bonchev–Trinajstić information content (AvgIpc) is 2.18. The maximum atomic E-state index is 11.1. The monoisotopic (exact) mass is 248 g/mol. The van der Waals surface area contributed by atoms with Crippen LogP contribution in [0.3, 0.4) is 0 Å². The van der Waals surface area contributed by atoms with Gasteiger partial charge in [-0.1, -0.05) is 19.8 Å². The Hall–Kier alpha value is -0.0900. The molecule has 4 heteroatoms. The van der Waals surface area contributed by atoms with Crippen LogP contribution in [0, 0.1) is 11.8 Å². The van der Waals surface area contributed by atoms with Gasteiger partial charge in [0.2, 0.25) is 0 Å². The van der Waals surface area contributed by atoms with Gasteiger partial charge in [0, 0.05) is 6.26 Å². The second-order valence-electron chi connectivity index (χ2n) is 5.21. The van der Waals surface area contributed by atoms with Gasteiger partial charge in [-0.05, 0) is 37.5 Å². The second kappa shape index (κ2) is 6.01. The number of hydrogen-bond donors (Lipinski definition) is 1. The van der Waals surface area contributed by atoms with Gasteiger partial charge in [-0.25, -0.2) is 8.42 Å². The summed E-state index contributed by atoms with van der Waals surface area (Å²) in [7, 11) is -2.89. The van der Waals surface area contributed by atoms with Crippen molar-refractivity contribution in [1.29, 1.82) is 0 Å². The molecule has 0 saturated heterocycles. The van der Waals surface area contributed by atoms with Crippen molar-refractivity contribution in [2.75, 3.05) is 12.0 Å². The van der Waals surface area contributed by atoms with Crippen molar-refractivity contribution >= 4 is 9.84 Å². The van der Waals surface area contributed by atoms with Crippen molar-refractivity contribution in [2.45, 2.75) is 51.6 Å². The molecule has 1 aliphatic rings. The lowest BCUT2D eigenvalue weighted by Crippen LogP contribution is -2.30. The molecule has 0 aromatic rings. The summed E-state index contributed by atoms with van der Waals surface area (Å²) in [4.78, 5) is 0. The summed E-state index contributed by atoms with van der Waals surface area (Å²) in [5, 5.41) is 9.86. The van der Waals surface area contributed by atoms with E-state index < -0.39 is 9.84 Å². The molecule has 3 nitrogen and oxygen atoms in total. The predicted octanol–water partition coefficient (Wildman–Crippen LogP) is 2.00. The molecule has 0 aromatic carbocycles. The van der Waals surface area contributed by atoms with Crippen LogP contribution < -0.4 is 0 Å². The molecule has 3 unspecified atom stereocenters. The van der Waals surface area contributed by atoms with E-state index in [0.717, 1.165) is 19.3 Å². The third-order valence-corrected chi connectivity index (χ3v) is 4.58. The minimum Gasteiger partial charge on any atom is -0.393 e. The molecule has 0 heterocycles. The molecule has 1 rings (SSSR count). The summed E-state index contributed by atoms with van der Waals surface area (Å²) in [5.41, 5.74) is 0. The largest absolute Gasteiger partial charge is 0.393 e. The Bertz CT molecular complexity index is 297. The van der Waals surface area contributed by atoms with Gasteiger partial charge in [0.05, 0.1) is 11.9 Å². The number of aliphatic hydroxyl groups excluding tert-OH is 1. The molecule has 1 saturated carbocycles. The highest BCUT2D eigenvalue weighted by Crippen LogP contribution is 2.34. The SMILES string of the molecule is CCCC1CCC(O)C(CCS(C)(=O)=O)C1. The summed E-state index contributed by atoms with van der Waals surface area (Å²) < 4.78 is 22.2. The quantitative estimate of drug-likeness (QED) is 0.809. The van der Waals surface area contributed by atoms with Crippen molar-refractivity contribution in [3.63, 3.8) is 0 Å². The van der Waals surface area contributed by atoms with Crippen LogP contribution in [0.5, 0.6) is 0 Å². The van der Waals surface area contributed by atoms with Gasteiger partial charge in [0.15, 0.2) is 0 Å². The molecular formula is C12H24O3S. The first-order chi connectivity index (χ1) is 7.42. The highest BCUT2D eigenvalue weighted by atomic mass is 32.2. The Morgan fingerprint density at radius 2 is 1.94 bits per heavy atom. The van der Waals surface area contributed by atoms with Gasteiger partial charge in [0.1, 0.15) is 9.84 Å². The summed E-state index contributed by atoms with van der Waals surface area (Å²) in [6, 6.07) is 0. The van der Waals surface area contributed by atoms with E-state index in [-0.39, 0.29) is 17.8 Å². The summed E-state index contributed by atoms with van der Waals surface area (Å²) >= 11 is 0. The molecular weight excluding hydrogens is 224 g/mol. The molecule has 96 valence electrons. The summed E-state index contributed by atoms with van der Waals surface area (Å²) in [6.07, 6.45) is 6.96. The van der Waals surface area contributed by atoms with Crippen LogP contribution in [-0.2, 0) is 9.84 Å². The third kappa shape index (κ3) is 4.83. The van der Waals surface area contributed by atoms with Crippen molar-refractivity contribution in [1.82, 2.24) is 0 Å². The molecule has 0 aromatic heterocycles. The van der Waals surface area contributed by atoms with Gasteiger partial charge in [0.25, 0.3) is 0 Å².